The van der Waals surface area contributed by atoms with E-state index in [2.05, 4.69) is 34.3 Å². The van der Waals surface area contributed by atoms with Crippen molar-refractivity contribution in [2.24, 2.45) is 0 Å². The Morgan fingerprint density at radius 1 is 1.56 bits per heavy atom. The van der Waals surface area contributed by atoms with Crippen molar-refractivity contribution in [2.45, 2.75) is 26.8 Å². The fraction of sp³-hybridized carbons (Fsp3) is 0.636. The first-order valence-corrected chi connectivity index (χ1v) is 5.69. The summed E-state index contributed by atoms with van der Waals surface area (Å²) in [7, 11) is 0. The minimum atomic E-state index is -0.0755. The summed E-state index contributed by atoms with van der Waals surface area (Å²) in [6, 6.07) is 0.141. The van der Waals surface area contributed by atoms with Crippen LogP contribution in [0.5, 0.6) is 0 Å². The van der Waals surface area contributed by atoms with Crippen LogP contribution in [0, 0.1) is 0 Å². The third-order valence-corrected chi connectivity index (χ3v) is 2.56. The molecular formula is C11H20N4O. The highest BCUT2D eigenvalue weighted by Crippen LogP contribution is 1.96. The number of aromatic nitrogens is 2. The third-order valence-electron chi connectivity index (χ3n) is 2.56. The van der Waals surface area contributed by atoms with Crippen LogP contribution in [-0.4, -0.2) is 46.7 Å². The summed E-state index contributed by atoms with van der Waals surface area (Å²) in [6.45, 7) is 9.12. The van der Waals surface area contributed by atoms with Crippen LogP contribution in [0.3, 0.4) is 0 Å². The van der Waals surface area contributed by atoms with E-state index in [1.165, 1.54) is 6.20 Å². The van der Waals surface area contributed by atoms with Crippen molar-refractivity contribution in [3.63, 3.8) is 0 Å². The number of hydrogen-bond donors (Lipinski definition) is 2. The summed E-state index contributed by atoms with van der Waals surface area (Å²) in [5, 5.41) is 9.31. The van der Waals surface area contributed by atoms with Crippen molar-refractivity contribution in [1.82, 2.24) is 20.4 Å². The van der Waals surface area contributed by atoms with E-state index in [0.717, 1.165) is 19.6 Å². The number of rotatable bonds is 6. The zero-order chi connectivity index (χ0) is 12.0. The quantitative estimate of drug-likeness (QED) is 0.753. The zero-order valence-corrected chi connectivity index (χ0v) is 10.2. The fourth-order valence-electron chi connectivity index (χ4n) is 1.60. The molecule has 5 nitrogen and oxygen atoms in total. The number of nitrogens with zero attached hydrogens (tertiary/aromatic N) is 2. The van der Waals surface area contributed by atoms with E-state index in [1.54, 1.807) is 6.20 Å². The van der Waals surface area contributed by atoms with Crippen molar-refractivity contribution in [2.75, 3.05) is 19.6 Å². The molecule has 0 saturated carbocycles. The summed E-state index contributed by atoms with van der Waals surface area (Å²) < 4.78 is 0. The number of nitrogens with one attached hydrogen (secondary N) is 2. The van der Waals surface area contributed by atoms with Crippen molar-refractivity contribution >= 4 is 5.91 Å². The van der Waals surface area contributed by atoms with Gasteiger partial charge in [-0.05, 0) is 20.0 Å². The van der Waals surface area contributed by atoms with Gasteiger partial charge in [-0.3, -0.25) is 9.89 Å². The molecule has 0 aliphatic heterocycles. The second-order valence-electron chi connectivity index (χ2n) is 3.85. The van der Waals surface area contributed by atoms with Gasteiger partial charge < -0.3 is 10.2 Å². The molecular weight excluding hydrogens is 204 g/mol. The normalized spacial score (nSPS) is 12.8. The topological polar surface area (TPSA) is 61.0 Å². The van der Waals surface area contributed by atoms with Crippen LogP contribution < -0.4 is 5.32 Å². The molecule has 1 unspecified atom stereocenters. The van der Waals surface area contributed by atoms with Crippen LogP contribution in [0.2, 0.25) is 0 Å². The Morgan fingerprint density at radius 2 is 2.25 bits per heavy atom. The first-order chi connectivity index (χ1) is 7.67. The molecule has 0 radical (unpaired) electrons. The average Bonchev–Trinajstić information content (AvgIpc) is 2.79. The highest BCUT2D eigenvalue weighted by Gasteiger charge is 2.12. The van der Waals surface area contributed by atoms with Crippen LogP contribution in [0.25, 0.3) is 0 Å². The van der Waals surface area contributed by atoms with Gasteiger partial charge in [-0.1, -0.05) is 13.8 Å². The smallest absolute Gasteiger partial charge is 0.254 e. The van der Waals surface area contributed by atoms with Gasteiger partial charge in [0.2, 0.25) is 0 Å². The molecule has 1 atom stereocenters. The number of amides is 1. The molecule has 0 spiro atoms. The number of H-pyrrole nitrogens is 1. The van der Waals surface area contributed by atoms with Crippen LogP contribution in [0.4, 0.5) is 0 Å². The van der Waals surface area contributed by atoms with E-state index >= 15 is 0 Å². The summed E-state index contributed by atoms with van der Waals surface area (Å²) in [5.74, 6) is -0.0755. The van der Waals surface area contributed by atoms with Crippen LogP contribution in [0.1, 0.15) is 31.1 Å². The van der Waals surface area contributed by atoms with Gasteiger partial charge in [-0.15, -0.1) is 0 Å². The maximum atomic E-state index is 11.7. The van der Waals surface area contributed by atoms with Crippen LogP contribution in [-0.2, 0) is 0 Å². The van der Waals surface area contributed by atoms with Crippen molar-refractivity contribution < 1.29 is 4.79 Å². The van der Waals surface area contributed by atoms with Crippen molar-refractivity contribution in [3.05, 3.63) is 18.0 Å². The molecule has 0 fully saturated rings. The van der Waals surface area contributed by atoms with E-state index in [1.807, 2.05) is 6.92 Å². The third kappa shape index (κ3) is 3.66. The van der Waals surface area contributed by atoms with Crippen molar-refractivity contribution in [3.8, 4) is 0 Å². The predicted octanol–water partition coefficient (Wildman–Crippen LogP) is 0.870. The molecule has 1 rings (SSSR count). The minimum Gasteiger partial charge on any atom is -0.348 e. The first-order valence-electron chi connectivity index (χ1n) is 5.69. The van der Waals surface area contributed by atoms with E-state index < -0.39 is 0 Å². The number of hydrogen-bond acceptors (Lipinski definition) is 3. The highest BCUT2D eigenvalue weighted by molar-refractivity contribution is 5.93. The monoisotopic (exact) mass is 224 g/mol. The van der Waals surface area contributed by atoms with Gasteiger partial charge in [0.15, 0.2) is 0 Å². The lowest BCUT2D eigenvalue weighted by atomic mass is 10.2. The molecule has 1 heterocycles. The lowest BCUT2D eigenvalue weighted by Gasteiger charge is -2.23. The van der Waals surface area contributed by atoms with Gasteiger partial charge in [0.1, 0.15) is 0 Å². The summed E-state index contributed by atoms with van der Waals surface area (Å²) >= 11 is 0. The average molecular weight is 224 g/mol. The van der Waals surface area contributed by atoms with Crippen molar-refractivity contribution in [1.29, 1.82) is 0 Å². The second-order valence-corrected chi connectivity index (χ2v) is 3.85. The van der Waals surface area contributed by atoms with Gasteiger partial charge in [0.25, 0.3) is 5.91 Å². The lowest BCUT2D eigenvalue weighted by Crippen LogP contribution is -2.41. The molecule has 1 aromatic rings. The Hall–Kier alpha value is -1.36. The molecule has 0 aliphatic carbocycles. The molecule has 0 aromatic carbocycles. The maximum Gasteiger partial charge on any atom is 0.254 e. The number of carbonyl (C=O) groups is 1. The van der Waals surface area contributed by atoms with Gasteiger partial charge in [0, 0.05) is 18.8 Å². The van der Waals surface area contributed by atoms with E-state index in [0.29, 0.717) is 5.56 Å². The molecule has 90 valence electrons. The molecule has 16 heavy (non-hydrogen) atoms. The van der Waals surface area contributed by atoms with Crippen LogP contribution in [0.15, 0.2) is 12.4 Å². The lowest BCUT2D eigenvalue weighted by molar-refractivity contribution is 0.0930. The van der Waals surface area contributed by atoms with E-state index in [9.17, 15) is 4.79 Å². The Balaban J connectivity index is 2.39. The minimum absolute atomic E-state index is 0.0755. The molecule has 5 heteroatoms. The standard InChI is InChI=1S/C11H20N4O/c1-4-15(5-2)8-9(3)14-11(16)10-6-12-13-7-10/h6-7,9H,4-5,8H2,1-3H3,(H,12,13)(H,14,16). The second kappa shape index (κ2) is 6.27. The van der Waals surface area contributed by atoms with Gasteiger partial charge in [0.05, 0.1) is 11.8 Å². The number of likely N-dealkylation sites (N-methyl/N-ethyl adjacent to an activating group) is 1. The summed E-state index contributed by atoms with van der Waals surface area (Å²) in [4.78, 5) is 14.0. The SMILES string of the molecule is CCN(CC)CC(C)NC(=O)c1cn[nH]c1. The Labute approximate surface area is 96.2 Å². The maximum absolute atomic E-state index is 11.7. The number of aromatic amines is 1. The Morgan fingerprint density at radius 3 is 2.75 bits per heavy atom. The highest BCUT2D eigenvalue weighted by atomic mass is 16.1. The predicted molar refractivity (Wildman–Crippen MR) is 63.3 cm³/mol. The molecule has 0 saturated heterocycles. The summed E-state index contributed by atoms with van der Waals surface area (Å²) in [6.07, 6.45) is 3.12. The Kier molecular flexibility index (Phi) is 4.98. The van der Waals surface area contributed by atoms with Gasteiger partial charge >= 0.3 is 0 Å². The molecule has 0 aliphatic rings. The Bertz CT molecular complexity index is 306. The zero-order valence-electron chi connectivity index (χ0n) is 10.2. The van der Waals surface area contributed by atoms with Crippen LogP contribution >= 0.6 is 0 Å². The summed E-state index contributed by atoms with van der Waals surface area (Å²) in [5.41, 5.74) is 0.575. The molecule has 0 bridgehead atoms. The molecule has 1 aromatic heterocycles. The molecule has 2 N–H and O–H groups in total. The van der Waals surface area contributed by atoms with Gasteiger partial charge in [-0.25, -0.2) is 0 Å². The number of carbonyl (C=O) groups excluding carboxylic acids is 1. The fourth-order valence-corrected chi connectivity index (χ4v) is 1.60. The van der Waals surface area contributed by atoms with E-state index in [-0.39, 0.29) is 11.9 Å². The van der Waals surface area contributed by atoms with E-state index in [4.69, 9.17) is 0 Å². The first kappa shape index (κ1) is 12.7. The largest absolute Gasteiger partial charge is 0.348 e. The van der Waals surface area contributed by atoms with Gasteiger partial charge in [-0.2, -0.15) is 5.10 Å². The molecule has 1 amide bonds.